The first kappa shape index (κ1) is 16.5. The van der Waals surface area contributed by atoms with Crippen LogP contribution >= 0.6 is 15.9 Å². The SMILES string of the molecule is Cc1nnnn1-c1ccc(F)c(NS(=O)(=O)c2ccc(Br)cc2)c1. The van der Waals surface area contributed by atoms with E-state index in [-0.39, 0.29) is 10.6 Å². The first-order valence-electron chi connectivity index (χ1n) is 6.70. The van der Waals surface area contributed by atoms with E-state index >= 15 is 0 Å². The van der Waals surface area contributed by atoms with Gasteiger partial charge in [0.25, 0.3) is 10.0 Å². The highest BCUT2D eigenvalue weighted by Gasteiger charge is 2.17. The first-order chi connectivity index (χ1) is 11.4. The number of nitrogens with zero attached hydrogens (tertiary/aromatic N) is 4. The van der Waals surface area contributed by atoms with E-state index in [0.717, 1.165) is 10.5 Å². The molecule has 0 aliphatic rings. The Kier molecular flexibility index (Phi) is 4.33. The van der Waals surface area contributed by atoms with Gasteiger partial charge < -0.3 is 0 Å². The Labute approximate surface area is 145 Å². The highest BCUT2D eigenvalue weighted by Crippen LogP contribution is 2.23. The number of tetrazole rings is 1. The molecule has 0 saturated carbocycles. The molecule has 0 aliphatic heterocycles. The van der Waals surface area contributed by atoms with E-state index in [9.17, 15) is 12.8 Å². The van der Waals surface area contributed by atoms with Crippen molar-refractivity contribution in [3.8, 4) is 5.69 Å². The Morgan fingerprint density at radius 1 is 1.17 bits per heavy atom. The van der Waals surface area contributed by atoms with Gasteiger partial charge in [-0.3, -0.25) is 4.72 Å². The number of hydrogen-bond acceptors (Lipinski definition) is 5. The Balaban J connectivity index is 1.98. The zero-order chi connectivity index (χ0) is 17.3. The molecule has 1 aromatic heterocycles. The van der Waals surface area contributed by atoms with E-state index in [4.69, 9.17) is 0 Å². The second-order valence-electron chi connectivity index (χ2n) is 4.86. The van der Waals surface area contributed by atoms with Gasteiger partial charge in [-0.2, -0.15) is 4.68 Å². The number of aryl methyl sites for hydroxylation is 1. The summed E-state index contributed by atoms with van der Waals surface area (Å²) in [6, 6.07) is 9.94. The lowest BCUT2D eigenvalue weighted by Gasteiger charge is -2.11. The van der Waals surface area contributed by atoms with Gasteiger partial charge >= 0.3 is 0 Å². The van der Waals surface area contributed by atoms with Crippen LogP contribution in [0.3, 0.4) is 0 Å². The minimum atomic E-state index is -3.92. The zero-order valence-electron chi connectivity index (χ0n) is 12.3. The van der Waals surface area contributed by atoms with Gasteiger partial charge in [0.2, 0.25) is 0 Å². The molecule has 0 bridgehead atoms. The summed E-state index contributed by atoms with van der Waals surface area (Å²) < 4.78 is 43.2. The van der Waals surface area contributed by atoms with Gasteiger partial charge in [0, 0.05) is 4.47 Å². The van der Waals surface area contributed by atoms with Gasteiger partial charge in [-0.1, -0.05) is 15.9 Å². The van der Waals surface area contributed by atoms with Crippen LogP contribution in [0.15, 0.2) is 51.8 Å². The van der Waals surface area contributed by atoms with Crippen LogP contribution in [0.1, 0.15) is 5.82 Å². The molecule has 124 valence electrons. The average molecular weight is 412 g/mol. The van der Waals surface area contributed by atoms with E-state index < -0.39 is 15.8 Å². The molecule has 10 heteroatoms. The topological polar surface area (TPSA) is 89.8 Å². The third-order valence-electron chi connectivity index (χ3n) is 3.19. The fourth-order valence-corrected chi connectivity index (χ4v) is 3.33. The Morgan fingerprint density at radius 3 is 2.50 bits per heavy atom. The predicted octanol–water partition coefficient (Wildman–Crippen LogP) is 2.67. The van der Waals surface area contributed by atoms with Crippen LogP contribution in [0.5, 0.6) is 0 Å². The van der Waals surface area contributed by atoms with Gasteiger partial charge in [-0.15, -0.1) is 5.10 Å². The third kappa shape index (κ3) is 3.29. The molecule has 0 amide bonds. The largest absolute Gasteiger partial charge is 0.277 e. The van der Waals surface area contributed by atoms with Crippen molar-refractivity contribution in [2.75, 3.05) is 4.72 Å². The molecule has 3 rings (SSSR count). The van der Waals surface area contributed by atoms with Crippen molar-refractivity contribution >= 4 is 31.6 Å². The lowest BCUT2D eigenvalue weighted by Crippen LogP contribution is -2.14. The number of nitrogens with one attached hydrogen (secondary N) is 1. The maximum atomic E-state index is 14.0. The molecule has 24 heavy (non-hydrogen) atoms. The highest BCUT2D eigenvalue weighted by atomic mass is 79.9. The van der Waals surface area contributed by atoms with Gasteiger partial charge in [0.1, 0.15) is 5.82 Å². The van der Waals surface area contributed by atoms with Gasteiger partial charge in [-0.05, 0) is 59.8 Å². The molecular weight excluding hydrogens is 401 g/mol. The molecule has 0 spiro atoms. The first-order valence-corrected chi connectivity index (χ1v) is 8.98. The molecule has 2 aromatic carbocycles. The van der Waals surface area contributed by atoms with E-state index in [0.29, 0.717) is 11.5 Å². The van der Waals surface area contributed by atoms with Crippen LogP contribution in [-0.2, 0) is 10.0 Å². The van der Waals surface area contributed by atoms with Crippen LogP contribution < -0.4 is 4.72 Å². The minimum absolute atomic E-state index is 0.0223. The molecule has 0 atom stereocenters. The molecule has 3 aromatic rings. The second kappa shape index (κ2) is 6.29. The molecule has 7 nitrogen and oxygen atoms in total. The molecule has 0 saturated heterocycles. The summed E-state index contributed by atoms with van der Waals surface area (Å²) in [7, 11) is -3.92. The van der Waals surface area contributed by atoms with Crippen LogP contribution in [0.2, 0.25) is 0 Å². The quantitative estimate of drug-likeness (QED) is 0.712. The van der Waals surface area contributed by atoms with Crippen molar-refractivity contribution in [2.45, 2.75) is 11.8 Å². The van der Waals surface area contributed by atoms with Crippen LogP contribution in [0.4, 0.5) is 10.1 Å². The lowest BCUT2D eigenvalue weighted by atomic mass is 10.2. The summed E-state index contributed by atoms with van der Waals surface area (Å²) >= 11 is 3.23. The smallest absolute Gasteiger partial charge is 0.261 e. The Bertz CT molecular complexity index is 989. The molecular formula is C14H11BrFN5O2S. The van der Waals surface area contributed by atoms with Gasteiger partial charge in [-0.25, -0.2) is 12.8 Å². The van der Waals surface area contributed by atoms with Crippen LogP contribution in [0, 0.1) is 12.7 Å². The van der Waals surface area contributed by atoms with Crippen LogP contribution in [-0.4, -0.2) is 28.6 Å². The van der Waals surface area contributed by atoms with Crippen molar-refractivity contribution in [1.29, 1.82) is 0 Å². The number of hydrogen-bond donors (Lipinski definition) is 1. The number of rotatable bonds is 4. The molecule has 0 fully saturated rings. The molecule has 1 N–H and O–H groups in total. The summed E-state index contributed by atoms with van der Waals surface area (Å²) in [5.74, 6) is -0.214. The summed E-state index contributed by atoms with van der Waals surface area (Å²) in [5, 5.41) is 11.0. The number of sulfonamides is 1. The van der Waals surface area contributed by atoms with Gasteiger partial charge in [0.15, 0.2) is 5.82 Å². The number of aromatic nitrogens is 4. The average Bonchev–Trinajstić information content (AvgIpc) is 2.96. The summed E-state index contributed by atoms with van der Waals surface area (Å²) in [6.07, 6.45) is 0. The maximum Gasteiger partial charge on any atom is 0.261 e. The number of benzene rings is 2. The van der Waals surface area contributed by atoms with Crippen molar-refractivity contribution in [1.82, 2.24) is 20.2 Å². The van der Waals surface area contributed by atoms with Crippen molar-refractivity contribution < 1.29 is 12.8 Å². The molecule has 0 unspecified atom stereocenters. The number of anilines is 1. The monoisotopic (exact) mass is 411 g/mol. The second-order valence-corrected chi connectivity index (χ2v) is 7.46. The highest BCUT2D eigenvalue weighted by molar-refractivity contribution is 9.10. The van der Waals surface area contributed by atoms with Crippen LogP contribution in [0.25, 0.3) is 5.69 Å². The van der Waals surface area contributed by atoms with E-state index in [1.54, 1.807) is 19.1 Å². The lowest BCUT2D eigenvalue weighted by molar-refractivity contribution is 0.598. The molecule has 1 heterocycles. The fraction of sp³-hybridized carbons (Fsp3) is 0.0714. The van der Waals surface area contributed by atoms with E-state index in [1.807, 2.05) is 0 Å². The molecule has 0 aliphatic carbocycles. The third-order valence-corrected chi connectivity index (χ3v) is 5.10. The van der Waals surface area contributed by atoms with Crippen molar-refractivity contribution in [2.24, 2.45) is 0 Å². The Hall–Kier alpha value is -2.33. The van der Waals surface area contributed by atoms with Crippen molar-refractivity contribution in [3.05, 3.63) is 58.6 Å². The zero-order valence-corrected chi connectivity index (χ0v) is 14.7. The Morgan fingerprint density at radius 2 is 1.88 bits per heavy atom. The predicted molar refractivity (Wildman–Crippen MR) is 88.8 cm³/mol. The summed E-state index contributed by atoms with van der Waals surface area (Å²) in [6.45, 7) is 1.68. The van der Waals surface area contributed by atoms with Gasteiger partial charge in [0.05, 0.1) is 16.3 Å². The minimum Gasteiger partial charge on any atom is -0.277 e. The maximum absolute atomic E-state index is 14.0. The van der Waals surface area contributed by atoms with E-state index in [2.05, 4.69) is 36.2 Å². The normalized spacial score (nSPS) is 11.5. The van der Waals surface area contributed by atoms with Crippen molar-refractivity contribution in [3.63, 3.8) is 0 Å². The fourth-order valence-electron chi connectivity index (χ4n) is 2.01. The summed E-state index contributed by atoms with van der Waals surface area (Å²) in [4.78, 5) is 0.0223. The number of halogens is 2. The molecule has 0 radical (unpaired) electrons. The van der Waals surface area contributed by atoms with E-state index in [1.165, 1.54) is 28.9 Å². The summed E-state index contributed by atoms with van der Waals surface area (Å²) in [5.41, 5.74) is 0.248. The standard InChI is InChI=1S/C14H11BrFN5O2S/c1-9-17-19-20-21(9)11-4-7-13(16)14(8-11)18-24(22,23)12-5-2-10(15)3-6-12/h2-8,18H,1H3.